The Labute approximate surface area is 107 Å². The van der Waals surface area contributed by atoms with Crippen molar-refractivity contribution in [1.29, 1.82) is 0 Å². The lowest BCUT2D eigenvalue weighted by Crippen LogP contribution is -2.31. The highest BCUT2D eigenvalue weighted by atomic mass is 19.1. The maximum absolute atomic E-state index is 13.5. The van der Waals surface area contributed by atoms with E-state index in [0.717, 1.165) is 19.5 Å². The van der Waals surface area contributed by atoms with Gasteiger partial charge in [-0.15, -0.1) is 0 Å². The average molecular weight is 252 g/mol. The van der Waals surface area contributed by atoms with E-state index in [-0.39, 0.29) is 11.9 Å². The smallest absolute Gasteiger partial charge is 0.127 e. The Hall–Kier alpha value is -0.970. The Morgan fingerprint density at radius 2 is 2.22 bits per heavy atom. The highest BCUT2D eigenvalue weighted by molar-refractivity contribution is 5.20. The third-order valence-corrected chi connectivity index (χ3v) is 3.59. The molecule has 2 atom stereocenters. The van der Waals surface area contributed by atoms with Crippen LogP contribution < -0.4 is 5.73 Å². The molecule has 0 saturated carbocycles. The lowest BCUT2D eigenvalue weighted by molar-refractivity contribution is 0.0684. The minimum absolute atomic E-state index is 0.238. The first-order valence-corrected chi connectivity index (χ1v) is 6.43. The highest BCUT2D eigenvalue weighted by Gasteiger charge is 2.31. The topological polar surface area (TPSA) is 49.5 Å². The molecular weight excluding hydrogens is 231 g/mol. The second-order valence-electron chi connectivity index (χ2n) is 5.44. The second kappa shape index (κ2) is 5.34. The maximum Gasteiger partial charge on any atom is 0.127 e. The maximum atomic E-state index is 13.5. The van der Waals surface area contributed by atoms with Gasteiger partial charge in [-0.05, 0) is 25.8 Å². The van der Waals surface area contributed by atoms with E-state index in [1.54, 1.807) is 18.2 Å². The molecule has 0 aliphatic carbocycles. The molecule has 0 bridgehead atoms. The molecule has 1 heterocycles. The molecule has 3 N–H and O–H groups in total. The van der Waals surface area contributed by atoms with Crippen LogP contribution in [0.1, 0.15) is 31.4 Å². The first-order chi connectivity index (χ1) is 8.48. The number of nitrogens with zero attached hydrogens (tertiary/aromatic N) is 1. The molecule has 0 spiro atoms. The summed E-state index contributed by atoms with van der Waals surface area (Å²) in [4.78, 5) is 2.18. The number of benzene rings is 1. The van der Waals surface area contributed by atoms with Crippen molar-refractivity contribution in [3.8, 4) is 0 Å². The van der Waals surface area contributed by atoms with E-state index < -0.39 is 5.60 Å². The lowest BCUT2D eigenvalue weighted by atomic mass is 10.0. The van der Waals surface area contributed by atoms with Crippen molar-refractivity contribution in [3.63, 3.8) is 0 Å². The predicted molar refractivity (Wildman–Crippen MR) is 69.6 cm³/mol. The first kappa shape index (κ1) is 13.5. The molecule has 0 amide bonds. The van der Waals surface area contributed by atoms with Crippen molar-refractivity contribution in [2.75, 3.05) is 19.6 Å². The zero-order valence-electron chi connectivity index (χ0n) is 10.8. The van der Waals surface area contributed by atoms with E-state index in [9.17, 15) is 9.50 Å². The fourth-order valence-corrected chi connectivity index (χ4v) is 2.48. The molecule has 18 heavy (non-hydrogen) atoms. The number of β-amino-alcohol motifs (C(OH)–C–C–N with tert-alkyl or cyclic N) is 1. The van der Waals surface area contributed by atoms with E-state index >= 15 is 0 Å². The van der Waals surface area contributed by atoms with Crippen molar-refractivity contribution in [3.05, 3.63) is 35.6 Å². The Kier molecular flexibility index (Phi) is 4.00. The molecule has 1 aromatic carbocycles. The van der Waals surface area contributed by atoms with Crippen LogP contribution in [-0.4, -0.2) is 35.2 Å². The molecule has 0 aromatic heterocycles. The number of likely N-dealkylation sites (tertiary alicyclic amines) is 1. The molecule has 4 heteroatoms. The van der Waals surface area contributed by atoms with Gasteiger partial charge in [-0.3, -0.25) is 0 Å². The number of nitrogens with two attached hydrogens (primary N) is 1. The molecule has 2 unspecified atom stereocenters. The molecule has 100 valence electrons. The third kappa shape index (κ3) is 3.28. The van der Waals surface area contributed by atoms with Crippen LogP contribution in [0.15, 0.2) is 24.3 Å². The summed E-state index contributed by atoms with van der Waals surface area (Å²) in [6.45, 7) is 4.21. The van der Waals surface area contributed by atoms with Crippen LogP contribution in [0.25, 0.3) is 0 Å². The Morgan fingerprint density at radius 3 is 2.83 bits per heavy atom. The Bertz CT molecular complexity index is 409. The normalized spacial score (nSPS) is 26.4. The van der Waals surface area contributed by atoms with Gasteiger partial charge in [0.25, 0.3) is 0 Å². The van der Waals surface area contributed by atoms with E-state index in [1.807, 2.05) is 6.92 Å². The number of rotatable bonds is 4. The summed E-state index contributed by atoms with van der Waals surface area (Å²) in [6.07, 6.45) is 1.50. The zero-order chi connectivity index (χ0) is 13.2. The van der Waals surface area contributed by atoms with Gasteiger partial charge in [0.15, 0.2) is 0 Å². The standard InChI is InChI=1S/C14H21FN2O/c1-14(18)7-9-17(10-14)8-6-13(16)11-4-2-3-5-12(11)15/h2-5,13,18H,6-10,16H2,1H3. The van der Waals surface area contributed by atoms with E-state index in [2.05, 4.69) is 4.90 Å². The first-order valence-electron chi connectivity index (χ1n) is 6.43. The van der Waals surface area contributed by atoms with Gasteiger partial charge in [0.2, 0.25) is 0 Å². The summed E-state index contributed by atoms with van der Waals surface area (Å²) in [5.74, 6) is -0.238. The van der Waals surface area contributed by atoms with Gasteiger partial charge in [0.1, 0.15) is 5.82 Å². The molecule has 1 aliphatic rings. The molecular formula is C14H21FN2O. The van der Waals surface area contributed by atoms with Crippen molar-refractivity contribution in [2.45, 2.75) is 31.4 Å². The van der Waals surface area contributed by atoms with Crippen LogP contribution in [0.4, 0.5) is 4.39 Å². The molecule has 0 radical (unpaired) electrons. The fraction of sp³-hybridized carbons (Fsp3) is 0.571. The number of halogens is 1. The Morgan fingerprint density at radius 1 is 1.50 bits per heavy atom. The van der Waals surface area contributed by atoms with Gasteiger partial charge in [-0.2, -0.15) is 0 Å². The van der Waals surface area contributed by atoms with Gasteiger partial charge in [-0.25, -0.2) is 4.39 Å². The fourth-order valence-electron chi connectivity index (χ4n) is 2.48. The van der Waals surface area contributed by atoms with Crippen molar-refractivity contribution in [1.82, 2.24) is 4.90 Å². The van der Waals surface area contributed by atoms with Crippen LogP contribution >= 0.6 is 0 Å². The van der Waals surface area contributed by atoms with Gasteiger partial charge < -0.3 is 15.7 Å². The monoisotopic (exact) mass is 252 g/mol. The minimum Gasteiger partial charge on any atom is -0.389 e. The van der Waals surface area contributed by atoms with Crippen molar-refractivity contribution >= 4 is 0 Å². The summed E-state index contributed by atoms with van der Waals surface area (Å²) < 4.78 is 13.5. The summed E-state index contributed by atoms with van der Waals surface area (Å²) in [6, 6.07) is 6.37. The van der Waals surface area contributed by atoms with Crippen LogP contribution in [0, 0.1) is 5.82 Å². The van der Waals surface area contributed by atoms with Gasteiger partial charge in [0.05, 0.1) is 5.60 Å². The van der Waals surface area contributed by atoms with Gasteiger partial charge in [-0.1, -0.05) is 18.2 Å². The van der Waals surface area contributed by atoms with Crippen LogP contribution in [0.5, 0.6) is 0 Å². The van der Waals surface area contributed by atoms with E-state index in [0.29, 0.717) is 18.5 Å². The summed E-state index contributed by atoms with van der Waals surface area (Å²) in [7, 11) is 0. The summed E-state index contributed by atoms with van der Waals surface area (Å²) in [5, 5.41) is 9.86. The predicted octanol–water partition coefficient (Wildman–Crippen LogP) is 1.67. The molecule has 1 aromatic rings. The van der Waals surface area contributed by atoms with E-state index in [4.69, 9.17) is 5.73 Å². The SMILES string of the molecule is CC1(O)CCN(CCC(N)c2ccccc2F)C1. The quantitative estimate of drug-likeness (QED) is 0.857. The van der Waals surface area contributed by atoms with Crippen molar-refractivity contribution in [2.24, 2.45) is 5.73 Å². The number of hydrogen-bond acceptors (Lipinski definition) is 3. The number of hydrogen-bond donors (Lipinski definition) is 2. The van der Waals surface area contributed by atoms with Gasteiger partial charge in [0, 0.05) is 31.2 Å². The van der Waals surface area contributed by atoms with Gasteiger partial charge >= 0.3 is 0 Å². The molecule has 1 fully saturated rings. The summed E-state index contributed by atoms with van der Waals surface area (Å²) >= 11 is 0. The van der Waals surface area contributed by atoms with Crippen molar-refractivity contribution < 1.29 is 9.50 Å². The van der Waals surface area contributed by atoms with Crippen LogP contribution in [0.2, 0.25) is 0 Å². The largest absolute Gasteiger partial charge is 0.389 e. The third-order valence-electron chi connectivity index (χ3n) is 3.59. The molecule has 1 saturated heterocycles. The van der Waals surface area contributed by atoms with Crippen LogP contribution in [-0.2, 0) is 0 Å². The second-order valence-corrected chi connectivity index (χ2v) is 5.44. The lowest BCUT2D eigenvalue weighted by Gasteiger charge is -2.21. The molecule has 3 nitrogen and oxygen atoms in total. The highest BCUT2D eigenvalue weighted by Crippen LogP contribution is 2.23. The average Bonchev–Trinajstić information content (AvgIpc) is 2.66. The Balaban J connectivity index is 1.86. The minimum atomic E-state index is -0.581. The zero-order valence-corrected chi connectivity index (χ0v) is 10.8. The molecule has 1 aliphatic heterocycles. The summed E-state index contributed by atoms with van der Waals surface area (Å²) in [5.41, 5.74) is 6.00. The van der Waals surface area contributed by atoms with Crippen LogP contribution in [0.3, 0.4) is 0 Å². The number of aliphatic hydroxyl groups is 1. The molecule has 2 rings (SSSR count). The van der Waals surface area contributed by atoms with E-state index in [1.165, 1.54) is 6.07 Å².